The smallest absolute Gasteiger partial charge is 0.209 e. The minimum atomic E-state index is 0.606. The number of aromatic nitrogens is 5. The molecule has 1 aromatic carbocycles. The zero-order valence-corrected chi connectivity index (χ0v) is 13.1. The Balaban J connectivity index is 1.61. The molecule has 8 heteroatoms. The molecule has 0 aliphatic rings. The van der Waals surface area contributed by atoms with E-state index in [0.717, 1.165) is 11.3 Å². The van der Waals surface area contributed by atoms with Crippen molar-refractivity contribution in [2.75, 3.05) is 0 Å². The molecule has 0 saturated heterocycles. The summed E-state index contributed by atoms with van der Waals surface area (Å²) in [7, 11) is 0. The predicted octanol–water partition coefficient (Wildman–Crippen LogP) is 3.77. The van der Waals surface area contributed by atoms with Gasteiger partial charge in [0.15, 0.2) is 0 Å². The van der Waals surface area contributed by atoms with E-state index in [0.29, 0.717) is 21.1 Å². The lowest BCUT2D eigenvalue weighted by Crippen LogP contribution is -1.83. The third kappa shape index (κ3) is 3.90. The third-order valence-electron chi connectivity index (χ3n) is 2.56. The van der Waals surface area contributed by atoms with Crippen LogP contribution in [0.5, 0.6) is 0 Å². The number of aromatic amines is 1. The summed E-state index contributed by atoms with van der Waals surface area (Å²) in [5.74, 6) is 1.32. The lowest BCUT2D eigenvalue weighted by Gasteiger charge is -1.91. The van der Waals surface area contributed by atoms with Crippen molar-refractivity contribution < 1.29 is 0 Å². The van der Waals surface area contributed by atoms with Gasteiger partial charge < -0.3 is 0 Å². The van der Waals surface area contributed by atoms with Gasteiger partial charge in [-0.1, -0.05) is 64.3 Å². The predicted molar refractivity (Wildman–Crippen MR) is 86.2 cm³/mol. The number of thioether (sulfide) groups is 1. The van der Waals surface area contributed by atoms with Crippen molar-refractivity contribution in [3.8, 4) is 0 Å². The second-order valence-electron chi connectivity index (χ2n) is 4.03. The van der Waals surface area contributed by atoms with Crippen molar-refractivity contribution in [2.45, 2.75) is 10.9 Å². The number of rotatable bonds is 5. The lowest BCUT2D eigenvalue weighted by molar-refractivity contribution is 0.969. The average molecular weight is 336 g/mol. The van der Waals surface area contributed by atoms with Crippen LogP contribution in [0.3, 0.4) is 0 Å². The molecule has 0 spiro atoms. The molecule has 0 aliphatic carbocycles. The van der Waals surface area contributed by atoms with Gasteiger partial charge in [0.25, 0.3) is 0 Å². The molecule has 21 heavy (non-hydrogen) atoms. The summed E-state index contributed by atoms with van der Waals surface area (Å²) < 4.78 is 4.40. The standard InChI is InChI=1S/C13H10ClN5S2/c14-12-10(16-19-21-12)8-20-13-15-11(17-18-13)7-6-9-4-2-1-3-5-9/h1-7H,8H2,(H,15,17,18)/b7-6+. The second-order valence-corrected chi connectivity index (χ2v) is 6.33. The highest BCUT2D eigenvalue weighted by Gasteiger charge is 2.08. The number of nitrogens with one attached hydrogen (secondary N) is 1. The van der Waals surface area contributed by atoms with Crippen molar-refractivity contribution in [1.82, 2.24) is 24.8 Å². The summed E-state index contributed by atoms with van der Waals surface area (Å²) in [4.78, 5) is 4.38. The molecule has 1 N–H and O–H groups in total. The number of hydrogen-bond donors (Lipinski definition) is 1. The highest BCUT2D eigenvalue weighted by atomic mass is 35.5. The summed E-state index contributed by atoms with van der Waals surface area (Å²) in [6.07, 6.45) is 3.87. The lowest BCUT2D eigenvalue weighted by atomic mass is 10.2. The summed E-state index contributed by atoms with van der Waals surface area (Å²) >= 11 is 8.60. The fourth-order valence-corrected chi connectivity index (χ4v) is 3.09. The van der Waals surface area contributed by atoms with E-state index in [9.17, 15) is 0 Å². The molecular formula is C13H10ClN5S2. The maximum absolute atomic E-state index is 5.95. The Morgan fingerprint density at radius 3 is 2.86 bits per heavy atom. The topological polar surface area (TPSA) is 67.3 Å². The molecule has 3 rings (SSSR count). The normalized spacial score (nSPS) is 11.3. The molecule has 0 unspecified atom stereocenters. The molecule has 106 valence electrons. The molecule has 3 aromatic rings. The molecule has 2 aromatic heterocycles. The van der Waals surface area contributed by atoms with Crippen molar-refractivity contribution in [3.63, 3.8) is 0 Å². The molecule has 0 bridgehead atoms. The van der Waals surface area contributed by atoms with Crippen LogP contribution in [0.15, 0.2) is 35.5 Å². The van der Waals surface area contributed by atoms with Crippen LogP contribution in [0.4, 0.5) is 0 Å². The second kappa shape index (κ2) is 6.84. The van der Waals surface area contributed by atoms with Crippen LogP contribution in [0, 0.1) is 0 Å². The van der Waals surface area contributed by atoms with Crippen LogP contribution in [0.1, 0.15) is 17.1 Å². The van der Waals surface area contributed by atoms with Crippen LogP contribution >= 0.6 is 34.9 Å². The highest BCUT2D eigenvalue weighted by Crippen LogP contribution is 2.25. The first-order chi connectivity index (χ1) is 10.3. The van der Waals surface area contributed by atoms with Crippen LogP contribution < -0.4 is 0 Å². The summed E-state index contributed by atoms with van der Waals surface area (Å²) in [6, 6.07) is 10.0. The molecule has 0 amide bonds. The molecule has 5 nitrogen and oxygen atoms in total. The van der Waals surface area contributed by atoms with Crippen LogP contribution in [-0.4, -0.2) is 24.8 Å². The van der Waals surface area contributed by atoms with Gasteiger partial charge in [-0.3, -0.25) is 5.10 Å². The quantitative estimate of drug-likeness (QED) is 0.719. The summed E-state index contributed by atoms with van der Waals surface area (Å²) in [6.45, 7) is 0. The van der Waals surface area contributed by atoms with Gasteiger partial charge in [0.05, 0.1) is 0 Å². The van der Waals surface area contributed by atoms with Gasteiger partial charge in [-0.2, -0.15) is 0 Å². The van der Waals surface area contributed by atoms with Crippen LogP contribution in [0.25, 0.3) is 12.2 Å². The van der Waals surface area contributed by atoms with Crippen LogP contribution in [-0.2, 0) is 5.75 Å². The molecule has 0 saturated carbocycles. The van der Waals surface area contributed by atoms with Gasteiger partial charge in [-0.25, -0.2) is 4.98 Å². The number of nitrogens with zero attached hydrogens (tertiary/aromatic N) is 4. The summed E-state index contributed by atoms with van der Waals surface area (Å²) in [5, 5.41) is 11.6. The maximum atomic E-state index is 5.95. The van der Waals surface area contributed by atoms with E-state index in [1.807, 2.05) is 42.5 Å². The molecule has 0 fully saturated rings. The fraction of sp³-hybridized carbons (Fsp3) is 0.0769. The Kier molecular flexibility index (Phi) is 4.64. The van der Waals surface area contributed by atoms with E-state index in [1.54, 1.807) is 0 Å². The Morgan fingerprint density at radius 2 is 2.10 bits per heavy atom. The number of H-pyrrole nitrogens is 1. The molecule has 0 aliphatic heterocycles. The van der Waals surface area contributed by atoms with E-state index < -0.39 is 0 Å². The Bertz CT molecular complexity index is 738. The Hall–Kier alpha value is -1.70. The van der Waals surface area contributed by atoms with E-state index in [1.165, 1.54) is 23.3 Å². The van der Waals surface area contributed by atoms with Gasteiger partial charge in [-0.05, 0) is 11.6 Å². The molecule has 0 atom stereocenters. The first-order valence-electron chi connectivity index (χ1n) is 6.06. The van der Waals surface area contributed by atoms with Crippen molar-refractivity contribution in [3.05, 3.63) is 51.7 Å². The van der Waals surface area contributed by atoms with Gasteiger partial charge in [0.1, 0.15) is 15.9 Å². The van der Waals surface area contributed by atoms with E-state index in [2.05, 4.69) is 24.8 Å². The molecular weight excluding hydrogens is 326 g/mol. The maximum Gasteiger partial charge on any atom is 0.209 e. The van der Waals surface area contributed by atoms with Crippen molar-refractivity contribution in [1.29, 1.82) is 0 Å². The first-order valence-corrected chi connectivity index (χ1v) is 8.20. The van der Waals surface area contributed by atoms with Gasteiger partial charge in [0.2, 0.25) is 5.16 Å². The number of hydrogen-bond acceptors (Lipinski definition) is 6. The van der Waals surface area contributed by atoms with Gasteiger partial charge in [-0.15, -0.1) is 10.2 Å². The zero-order chi connectivity index (χ0) is 14.5. The fourth-order valence-electron chi connectivity index (χ4n) is 1.55. The Morgan fingerprint density at radius 1 is 1.24 bits per heavy atom. The highest BCUT2D eigenvalue weighted by molar-refractivity contribution is 7.98. The Labute approximate surface area is 134 Å². The number of benzene rings is 1. The van der Waals surface area contributed by atoms with E-state index in [-0.39, 0.29) is 0 Å². The molecule has 2 heterocycles. The monoisotopic (exact) mass is 335 g/mol. The zero-order valence-electron chi connectivity index (χ0n) is 10.7. The first kappa shape index (κ1) is 14.2. The largest absolute Gasteiger partial charge is 0.259 e. The van der Waals surface area contributed by atoms with Crippen molar-refractivity contribution >= 4 is 47.0 Å². The molecule has 0 radical (unpaired) electrons. The minimum Gasteiger partial charge on any atom is -0.259 e. The SMILES string of the molecule is Clc1snnc1CSc1n[nH]c(/C=C/c2ccccc2)n1. The third-order valence-corrected chi connectivity index (χ3v) is 4.41. The van der Waals surface area contributed by atoms with E-state index >= 15 is 0 Å². The minimum absolute atomic E-state index is 0.606. The van der Waals surface area contributed by atoms with Crippen LogP contribution in [0.2, 0.25) is 4.34 Å². The van der Waals surface area contributed by atoms with E-state index in [4.69, 9.17) is 11.6 Å². The summed E-state index contributed by atoms with van der Waals surface area (Å²) in [5.41, 5.74) is 1.88. The number of halogens is 1. The average Bonchev–Trinajstić information content (AvgIpc) is 3.13. The van der Waals surface area contributed by atoms with Gasteiger partial charge in [0, 0.05) is 17.3 Å². The van der Waals surface area contributed by atoms with Gasteiger partial charge >= 0.3 is 0 Å². The van der Waals surface area contributed by atoms with Crippen molar-refractivity contribution in [2.24, 2.45) is 0 Å².